The van der Waals surface area contributed by atoms with Gasteiger partial charge in [0.05, 0.1) is 12.8 Å². The Morgan fingerprint density at radius 2 is 1.82 bits per heavy atom. The number of pyridine rings is 1. The zero-order valence-corrected chi connectivity index (χ0v) is 10.1. The van der Waals surface area contributed by atoms with Gasteiger partial charge in [0, 0.05) is 11.3 Å². The number of hydrogen-bond acceptors (Lipinski definition) is 2. The van der Waals surface area contributed by atoms with Crippen LogP contribution in [0.25, 0.3) is 12.2 Å². The Bertz CT molecular complexity index is 532. The molecule has 2 aromatic rings. The van der Waals surface area contributed by atoms with Gasteiger partial charge in [-0.3, -0.25) is 4.98 Å². The van der Waals surface area contributed by atoms with Crippen molar-refractivity contribution in [1.82, 2.24) is 4.98 Å². The SMILES string of the molecule is COc1ccccc1/C=C/c1cccc(C)n1. The Morgan fingerprint density at radius 3 is 2.59 bits per heavy atom. The van der Waals surface area contributed by atoms with Gasteiger partial charge in [0.1, 0.15) is 5.75 Å². The molecule has 0 N–H and O–H groups in total. The predicted octanol–water partition coefficient (Wildman–Crippen LogP) is 3.57. The average molecular weight is 225 g/mol. The summed E-state index contributed by atoms with van der Waals surface area (Å²) in [6.45, 7) is 1.99. The van der Waals surface area contributed by atoms with E-state index in [0.29, 0.717) is 0 Å². The lowest BCUT2D eigenvalue weighted by Crippen LogP contribution is -1.86. The average Bonchev–Trinajstić information content (AvgIpc) is 2.37. The molecule has 0 fully saturated rings. The maximum absolute atomic E-state index is 5.29. The van der Waals surface area contributed by atoms with Crippen LogP contribution >= 0.6 is 0 Å². The highest BCUT2D eigenvalue weighted by Gasteiger charge is 1.96. The van der Waals surface area contributed by atoms with Crippen molar-refractivity contribution in [2.75, 3.05) is 7.11 Å². The summed E-state index contributed by atoms with van der Waals surface area (Å²) < 4.78 is 5.29. The lowest BCUT2D eigenvalue weighted by atomic mass is 10.1. The van der Waals surface area contributed by atoms with Gasteiger partial charge in [-0.05, 0) is 37.3 Å². The molecule has 0 saturated carbocycles. The van der Waals surface area contributed by atoms with E-state index in [1.54, 1.807) is 7.11 Å². The first-order valence-corrected chi connectivity index (χ1v) is 5.54. The predicted molar refractivity (Wildman–Crippen MR) is 70.9 cm³/mol. The molecular formula is C15H15NO. The van der Waals surface area contributed by atoms with Crippen LogP contribution in [0, 0.1) is 6.92 Å². The molecule has 0 aliphatic rings. The molecule has 2 heteroatoms. The molecule has 0 bridgehead atoms. The van der Waals surface area contributed by atoms with Crippen molar-refractivity contribution >= 4 is 12.2 Å². The van der Waals surface area contributed by atoms with Crippen LogP contribution in [0.5, 0.6) is 5.75 Å². The summed E-state index contributed by atoms with van der Waals surface area (Å²) >= 11 is 0. The van der Waals surface area contributed by atoms with E-state index in [2.05, 4.69) is 4.98 Å². The smallest absolute Gasteiger partial charge is 0.126 e. The molecule has 0 saturated heterocycles. The van der Waals surface area contributed by atoms with E-state index in [9.17, 15) is 0 Å². The van der Waals surface area contributed by atoms with Gasteiger partial charge < -0.3 is 4.74 Å². The number of aryl methyl sites for hydroxylation is 1. The maximum Gasteiger partial charge on any atom is 0.126 e. The monoisotopic (exact) mass is 225 g/mol. The van der Waals surface area contributed by atoms with Gasteiger partial charge in [0.15, 0.2) is 0 Å². The molecular weight excluding hydrogens is 210 g/mol. The van der Waals surface area contributed by atoms with Crippen molar-refractivity contribution < 1.29 is 4.74 Å². The molecule has 0 aliphatic heterocycles. The minimum Gasteiger partial charge on any atom is -0.496 e. The summed E-state index contributed by atoms with van der Waals surface area (Å²) in [6, 6.07) is 13.9. The fraction of sp³-hybridized carbons (Fsp3) is 0.133. The number of para-hydroxylation sites is 1. The number of rotatable bonds is 3. The first-order chi connectivity index (χ1) is 8.29. The fourth-order valence-corrected chi connectivity index (χ4v) is 1.64. The molecule has 0 aliphatic carbocycles. The van der Waals surface area contributed by atoms with Gasteiger partial charge in [-0.25, -0.2) is 0 Å². The molecule has 86 valence electrons. The van der Waals surface area contributed by atoms with Crippen LogP contribution < -0.4 is 4.74 Å². The van der Waals surface area contributed by atoms with E-state index >= 15 is 0 Å². The van der Waals surface area contributed by atoms with E-state index in [0.717, 1.165) is 22.7 Å². The number of ether oxygens (including phenoxy) is 1. The third kappa shape index (κ3) is 2.94. The zero-order chi connectivity index (χ0) is 12.1. The van der Waals surface area contributed by atoms with Gasteiger partial charge >= 0.3 is 0 Å². The van der Waals surface area contributed by atoms with Crippen molar-refractivity contribution in [3.63, 3.8) is 0 Å². The van der Waals surface area contributed by atoms with Gasteiger partial charge in [0.25, 0.3) is 0 Å². The first kappa shape index (κ1) is 11.4. The van der Waals surface area contributed by atoms with Crippen molar-refractivity contribution in [2.24, 2.45) is 0 Å². The van der Waals surface area contributed by atoms with Crippen molar-refractivity contribution in [1.29, 1.82) is 0 Å². The van der Waals surface area contributed by atoms with Crippen molar-refractivity contribution in [3.05, 3.63) is 59.4 Å². The highest BCUT2D eigenvalue weighted by atomic mass is 16.5. The van der Waals surface area contributed by atoms with Crippen LogP contribution in [0.4, 0.5) is 0 Å². The van der Waals surface area contributed by atoms with Crippen LogP contribution in [0.2, 0.25) is 0 Å². The van der Waals surface area contributed by atoms with Crippen LogP contribution in [0.15, 0.2) is 42.5 Å². The zero-order valence-electron chi connectivity index (χ0n) is 10.1. The van der Waals surface area contributed by atoms with Gasteiger partial charge in [0.2, 0.25) is 0 Å². The summed E-state index contributed by atoms with van der Waals surface area (Å²) in [5.41, 5.74) is 3.03. The summed E-state index contributed by atoms with van der Waals surface area (Å²) in [5.74, 6) is 0.872. The van der Waals surface area contributed by atoms with Crippen molar-refractivity contribution in [3.8, 4) is 5.75 Å². The molecule has 1 heterocycles. The van der Waals surface area contributed by atoms with Crippen LogP contribution in [0.3, 0.4) is 0 Å². The largest absolute Gasteiger partial charge is 0.496 e. The van der Waals surface area contributed by atoms with E-state index in [1.807, 2.05) is 61.5 Å². The highest BCUT2D eigenvalue weighted by molar-refractivity contribution is 5.71. The van der Waals surface area contributed by atoms with Crippen LogP contribution in [-0.4, -0.2) is 12.1 Å². The Labute approximate surface area is 102 Å². The summed E-state index contributed by atoms with van der Waals surface area (Å²) in [4.78, 5) is 4.42. The second-order valence-electron chi connectivity index (χ2n) is 3.78. The lowest BCUT2D eigenvalue weighted by Gasteiger charge is -2.03. The highest BCUT2D eigenvalue weighted by Crippen LogP contribution is 2.19. The third-order valence-corrected chi connectivity index (χ3v) is 2.48. The molecule has 0 atom stereocenters. The third-order valence-electron chi connectivity index (χ3n) is 2.48. The number of hydrogen-bond donors (Lipinski definition) is 0. The molecule has 1 aromatic carbocycles. The Kier molecular flexibility index (Phi) is 3.55. The summed E-state index contributed by atoms with van der Waals surface area (Å²) in [7, 11) is 1.68. The van der Waals surface area contributed by atoms with E-state index in [4.69, 9.17) is 4.74 Å². The first-order valence-electron chi connectivity index (χ1n) is 5.54. The number of methoxy groups -OCH3 is 1. The van der Waals surface area contributed by atoms with Crippen LogP contribution in [0.1, 0.15) is 17.0 Å². The van der Waals surface area contributed by atoms with Crippen molar-refractivity contribution in [2.45, 2.75) is 6.92 Å². The summed E-state index contributed by atoms with van der Waals surface area (Å²) in [6.07, 6.45) is 4.01. The molecule has 0 unspecified atom stereocenters. The number of benzene rings is 1. The Balaban J connectivity index is 2.26. The quantitative estimate of drug-likeness (QED) is 0.796. The maximum atomic E-state index is 5.29. The fourth-order valence-electron chi connectivity index (χ4n) is 1.64. The summed E-state index contributed by atoms with van der Waals surface area (Å²) in [5, 5.41) is 0. The van der Waals surface area contributed by atoms with Gasteiger partial charge in [-0.15, -0.1) is 0 Å². The normalized spacial score (nSPS) is 10.7. The number of nitrogens with zero attached hydrogens (tertiary/aromatic N) is 1. The molecule has 2 nitrogen and oxygen atoms in total. The second kappa shape index (κ2) is 5.30. The number of aromatic nitrogens is 1. The van der Waals surface area contributed by atoms with Gasteiger partial charge in [-0.1, -0.05) is 24.3 Å². The molecule has 0 radical (unpaired) electrons. The van der Waals surface area contributed by atoms with E-state index < -0.39 is 0 Å². The molecule has 1 aromatic heterocycles. The molecule has 0 amide bonds. The molecule has 17 heavy (non-hydrogen) atoms. The van der Waals surface area contributed by atoms with E-state index in [1.165, 1.54) is 0 Å². The van der Waals surface area contributed by atoms with E-state index in [-0.39, 0.29) is 0 Å². The topological polar surface area (TPSA) is 22.1 Å². The second-order valence-corrected chi connectivity index (χ2v) is 3.78. The minimum atomic E-state index is 0.872. The minimum absolute atomic E-state index is 0.872. The Morgan fingerprint density at radius 1 is 1.00 bits per heavy atom. The molecule has 2 rings (SSSR count). The Hall–Kier alpha value is -2.09. The van der Waals surface area contributed by atoms with Gasteiger partial charge in [-0.2, -0.15) is 0 Å². The standard InChI is InChI=1S/C15H15NO/c1-12-6-5-8-14(16-12)11-10-13-7-3-4-9-15(13)17-2/h3-11H,1-2H3/b11-10+. The van der Waals surface area contributed by atoms with Crippen LogP contribution in [-0.2, 0) is 0 Å². The molecule has 0 spiro atoms. The lowest BCUT2D eigenvalue weighted by molar-refractivity contribution is 0.414.